The maximum absolute atomic E-state index is 12.4. The normalized spacial score (nSPS) is 16.1. The molecule has 1 N–H and O–H groups in total. The van der Waals surface area contributed by atoms with Crippen molar-refractivity contribution in [3.05, 3.63) is 70.8 Å². The Bertz CT molecular complexity index is 954. The summed E-state index contributed by atoms with van der Waals surface area (Å²) in [7, 11) is -3.47. The average molecular weight is 386 g/mol. The summed E-state index contributed by atoms with van der Waals surface area (Å²) >= 11 is 0. The Balaban J connectivity index is 1.63. The Hall–Kier alpha value is -2.51. The van der Waals surface area contributed by atoms with E-state index in [-0.39, 0.29) is 30.4 Å². The standard InChI is InChI=1S/C20H21NO5S/c22-19(8-9-20(23)24)16-7-6-15-11-18(12-17(15)10-16)21-27(25,26)13-14-4-2-1-3-5-14/h1-7,10,18,21H,8-9,11-13H2,(H,23,24)/p-1. The van der Waals surface area contributed by atoms with Gasteiger partial charge in [-0.3, -0.25) is 4.79 Å². The predicted octanol–water partition coefficient (Wildman–Crippen LogP) is 0.986. The van der Waals surface area contributed by atoms with E-state index in [9.17, 15) is 23.1 Å². The molecule has 1 aliphatic carbocycles. The molecule has 1 aliphatic rings. The van der Waals surface area contributed by atoms with Crippen LogP contribution in [0.4, 0.5) is 0 Å². The van der Waals surface area contributed by atoms with Crippen molar-refractivity contribution < 1.29 is 23.1 Å². The number of carboxylic acids is 1. The average Bonchev–Trinajstić information content (AvgIpc) is 3.00. The van der Waals surface area contributed by atoms with E-state index in [0.29, 0.717) is 18.4 Å². The maximum atomic E-state index is 12.4. The van der Waals surface area contributed by atoms with Crippen molar-refractivity contribution in [1.82, 2.24) is 4.72 Å². The van der Waals surface area contributed by atoms with Crippen LogP contribution in [0.25, 0.3) is 0 Å². The van der Waals surface area contributed by atoms with Crippen molar-refractivity contribution in [3.63, 3.8) is 0 Å². The molecule has 2 aromatic rings. The number of nitrogens with one attached hydrogen (secondary N) is 1. The van der Waals surface area contributed by atoms with E-state index in [1.165, 1.54) is 0 Å². The lowest BCUT2D eigenvalue weighted by Crippen LogP contribution is -2.36. The van der Waals surface area contributed by atoms with E-state index in [4.69, 9.17) is 0 Å². The SMILES string of the molecule is O=C([O-])CCC(=O)c1ccc2c(c1)CC(NS(=O)(=O)Cc1ccccc1)C2. The van der Waals surface area contributed by atoms with Crippen molar-refractivity contribution in [1.29, 1.82) is 0 Å². The molecular formula is C20H20NO5S-. The number of aliphatic carboxylic acids is 1. The van der Waals surface area contributed by atoms with Crippen molar-refractivity contribution in [3.8, 4) is 0 Å². The highest BCUT2D eigenvalue weighted by molar-refractivity contribution is 7.88. The van der Waals surface area contributed by atoms with Crippen LogP contribution in [0.1, 0.15) is 39.9 Å². The van der Waals surface area contributed by atoms with Crippen LogP contribution in [0.3, 0.4) is 0 Å². The minimum Gasteiger partial charge on any atom is -0.550 e. The van der Waals surface area contributed by atoms with Gasteiger partial charge in [-0.15, -0.1) is 0 Å². The van der Waals surface area contributed by atoms with Crippen LogP contribution in [-0.2, 0) is 33.4 Å². The fraction of sp³-hybridized carbons (Fsp3) is 0.300. The quantitative estimate of drug-likeness (QED) is 0.682. The highest BCUT2D eigenvalue weighted by Crippen LogP contribution is 2.25. The fourth-order valence-corrected chi connectivity index (χ4v) is 4.71. The summed E-state index contributed by atoms with van der Waals surface area (Å²) in [6.45, 7) is 0. The van der Waals surface area contributed by atoms with Gasteiger partial charge in [-0.25, -0.2) is 13.1 Å². The van der Waals surface area contributed by atoms with Crippen LogP contribution in [0, 0.1) is 0 Å². The van der Waals surface area contributed by atoms with E-state index >= 15 is 0 Å². The number of hydrogen-bond acceptors (Lipinski definition) is 5. The summed E-state index contributed by atoms with van der Waals surface area (Å²) in [4.78, 5) is 22.6. The number of hydrogen-bond donors (Lipinski definition) is 1. The Labute approximate surface area is 158 Å². The number of carboxylic acid groups (broad SMARTS) is 1. The largest absolute Gasteiger partial charge is 0.550 e. The second kappa shape index (κ2) is 8.02. The molecule has 0 heterocycles. The molecule has 2 aromatic carbocycles. The van der Waals surface area contributed by atoms with Gasteiger partial charge in [0.2, 0.25) is 10.0 Å². The third kappa shape index (κ3) is 5.24. The molecule has 3 rings (SSSR count). The number of benzene rings is 2. The number of rotatable bonds is 8. The first kappa shape index (κ1) is 19.3. The number of carbonyl (C=O) groups is 2. The summed E-state index contributed by atoms with van der Waals surface area (Å²) in [6, 6.07) is 13.9. The van der Waals surface area contributed by atoms with E-state index in [1.807, 2.05) is 12.1 Å². The molecule has 0 amide bonds. The van der Waals surface area contributed by atoms with E-state index in [1.54, 1.807) is 36.4 Å². The van der Waals surface area contributed by atoms with Crippen LogP contribution in [0.2, 0.25) is 0 Å². The minimum absolute atomic E-state index is 0.0757. The summed E-state index contributed by atoms with van der Waals surface area (Å²) in [6.07, 6.45) is 0.661. The molecule has 7 heteroatoms. The second-order valence-corrected chi connectivity index (χ2v) is 8.50. The van der Waals surface area contributed by atoms with Gasteiger partial charge in [-0.2, -0.15) is 0 Å². The molecule has 0 saturated carbocycles. The number of ketones is 1. The van der Waals surface area contributed by atoms with Gasteiger partial charge < -0.3 is 9.90 Å². The highest BCUT2D eigenvalue weighted by Gasteiger charge is 2.26. The summed E-state index contributed by atoms with van der Waals surface area (Å²) in [5.74, 6) is -1.58. The van der Waals surface area contributed by atoms with Crippen LogP contribution in [-0.4, -0.2) is 26.2 Å². The second-order valence-electron chi connectivity index (χ2n) is 6.75. The van der Waals surface area contributed by atoms with Gasteiger partial charge in [0.15, 0.2) is 5.78 Å². The lowest BCUT2D eigenvalue weighted by Gasteiger charge is -2.12. The molecule has 1 atom stereocenters. The number of sulfonamides is 1. The van der Waals surface area contributed by atoms with Crippen LogP contribution in [0.15, 0.2) is 48.5 Å². The Morgan fingerprint density at radius 3 is 2.41 bits per heavy atom. The zero-order valence-corrected chi connectivity index (χ0v) is 15.5. The Morgan fingerprint density at radius 2 is 1.70 bits per heavy atom. The van der Waals surface area contributed by atoms with Crippen molar-refractivity contribution >= 4 is 21.8 Å². The van der Waals surface area contributed by atoms with Crippen molar-refractivity contribution in [2.45, 2.75) is 37.5 Å². The zero-order valence-electron chi connectivity index (χ0n) is 14.7. The molecule has 1 unspecified atom stereocenters. The zero-order chi connectivity index (χ0) is 19.4. The highest BCUT2D eigenvalue weighted by atomic mass is 32.2. The molecule has 0 radical (unpaired) electrons. The lowest BCUT2D eigenvalue weighted by molar-refractivity contribution is -0.305. The first-order valence-electron chi connectivity index (χ1n) is 8.71. The molecule has 0 bridgehead atoms. The molecule has 0 fully saturated rings. The van der Waals surface area contributed by atoms with Crippen LogP contribution >= 0.6 is 0 Å². The van der Waals surface area contributed by atoms with Gasteiger partial charge in [0.05, 0.1) is 5.75 Å². The molecule has 0 aliphatic heterocycles. The maximum Gasteiger partial charge on any atom is 0.216 e. The first-order chi connectivity index (χ1) is 12.8. The topological polar surface area (TPSA) is 103 Å². The van der Waals surface area contributed by atoms with E-state index < -0.39 is 16.0 Å². The summed E-state index contributed by atoms with van der Waals surface area (Å²) in [5, 5.41) is 10.5. The number of Topliss-reactive ketones (excluding diaryl/α,β-unsaturated/α-hetero) is 1. The molecule has 0 spiro atoms. The van der Waals surface area contributed by atoms with Gasteiger partial charge in [0, 0.05) is 24.0 Å². The van der Waals surface area contributed by atoms with Crippen molar-refractivity contribution in [2.75, 3.05) is 0 Å². The number of carbonyl (C=O) groups excluding carboxylic acids is 2. The molecule has 142 valence electrons. The summed E-state index contributed by atoms with van der Waals surface area (Å²) < 4.78 is 27.5. The van der Waals surface area contributed by atoms with Gasteiger partial charge in [-0.05, 0) is 42.0 Å². The monoisotopic (exact) mass is 386 g/mol. The van der Waals surface area contributed by atoms with Crippen LogP contribution in [0.5, 0.6) is 0 Å². The molecule has 27 heavy (non-hydrogen) atoms. The van der Waals surface area contributed by atoms with Crippen LogP contribution < -0.4 is 9.83 Å². The van der Waals surface area contributed by atoms with Crippen molar-refractivity contribution in [2.24, 2.45) is 0 Å². The Morgan fingerprint density at radius 1 is 1.00 bits per heavy atom. The predicted molar refractivity (Wildman–Crippen MR) is 98.4 cm³/mol. The number of fused-ring (bicyclic) bond motifs is 1. The van der Waals surface area contributed by atoms with E-state index in [2.05, 4.69) is 4.72 Å². The third-order valence-corrected chi connectivity index (χ3v) is 5.97. The third-order valence-electron chi connectivity index (χ3n) is 4.56. The molecule has 0 saturated heterocycles. The molecule has 6 nitrogen and oxygen atoms in total. The fourth-order valence-electron chi connectivity index (χ4n) is 3.32. The van der Waals surface area contributed by atoms with Gasteiger partial charge in [0.1, 0.15) is 0 Å². The first-order valence-corrected chi connectivity index (χ1v) is 10.4. The van der Waals surface area contributed by atoms with Gasteiger partial charge in [-0.1, -0.05) is 42.5 Å². The molecular weight excluding hydrogens is 366 g/mol. The van der Waals surface area contributed by atoms with Gasteiger partial charge >= 0.3 is 0 Å². The molecule has 0 aromatic heterocycles. The summed E-state index contributed by atoms with van der Waals surface area (Å²) in [5.41, 5.74) is 3.09. The minimum atomic E-state index is -3.47. The van der Waals surface area contributed by atoms with Gasteiger partial charge in [0.25, 0.3) is 0 Å². The lowest BCUT2D eigenvalue weighted by atomic mass is 10.0. The Kier molecular flexibility index (Phi) is 5.72. The smallest absolute Gasteiger partial charge is 0.216 e. The van der Waals surface area contributed by atoms with E-state index in [0.717, 1.165) is 16.7 Å².